The molecule has 0 atom stereocenters. The van der Waals surface area contributed by atoms with Crippen molar-refractivity contribution in [2.24, 2.45) is 0 Å². The molecule has 0 aromatic carbocycles. The summed E-state index contributed by atoms with van der Waals surface area (Å²) in [5, 5.41) is 0.554. The second kappa shape index (κ2) is 7.12. The van der Waals surface area contributed by atoms with Crippen LogP contribution in [0.5, 0.6) is 0 Å². The Hall–Kier alpha value is -0.780. The highest BCUT2D eigenvalue weighted by atomic mass is 35.5. The van der Waals surface area contributed by atoms with Crippen molar-refractivity contribution in [3.63, 3.8) is 0 Å². The lowest BCUT2D eigenvalue weighted by atomic mass is 10.2. The maximum Gasteiger partial charge on any atom is 0.272 e. The van der Waals surface area contributed by atoms with Gasteiger partial charge in [-0.15, -0.1) is 0 Å². The van der Waals surface area contributed by atoms with E-state index in [1.165, 1.54) is 6.20 Å². The number of carbonyl (C=O) groups excluding carboxylic acids is 1. The van der Waals surface area contributed by atoms with Gasteiger partial charge in [-0.05, 0) is 18.4 Å². The summed E-state index contributed by atoms with van der Waals surface area (Å²) in [4.78, 5) is 20.6. The lowest BCUT2D eigenvalue weighted by molar-refractivity contribution is 0.0639. The van der Waals surface area contributed by atoms with Gasteiger partial charge in [-0.25, -0.2) is 4.98 Å². The molecule has 0 N–H and O–H groups in total. The van der Waals surface area contributed by atoms with E-state index in [1.807, 2.05) is 16.7 Å². The number of aromatic nitrogens is 1. The van der Waals surface area contributed by atoms with E-state index in [2.05, 4.69) is 16.1 Å². The van der Waals surface area contributed by atoms with E-state index in [1.54, 1.807) is 12.1 Å². The van der Waals surface area contributed by atoms with Gasteiger partial charge >= 0.3 is 0 Å². The van der Waals surface area contributed by atoms with E-state index in [-0.39, 0.29) is 5.91 Å². The molecule has 104 valence electrons. The smallest absolute Gasteiger partial charge is 0.272 e. The molecule has 0 bridgehead atoms. The molecule has 2 heterocycles. The van der Waals surface area contributed by atoms with Gasteiger partial charge in [0, 0.05) is 44.7 Å². The number of hydrogen-bond acceptors (Lipinski definition) is 4. The van der Waals surface area contributed by atoms with Gasteiger partial charge in [0.15, 0.2) is 0 Å². The average molecular weight is 300 g/mol. The van der Waals surface area contributed by atoms with Crippen LogP contribution in [0.3, 0.4) is 0 Å². The third-order valence-electron chi connectivity index (χ3n) is 3.22. The van der Waals surface area contributed by atoms with E-state index in [4.69, 9.17) is 11.6 Å². The van der Waals surface area contributed by atoms with Crippen molar-refractivity contribution in [3.05, 3.63) is 29.0 Å². The monoisotopic (exact) mass is 299 g/mol. The van der Waals surface area contributed by atoms with Crippen LogP contribution in [0, 0.1) is 0 Å². The molecule has 1 aliphatic rings. The fraction of sp³-hybridized carbons (Fsp3) is 0.538. The fourth-order valence-corrected chi connectivity index (χ4v) is 2.61. The molecule has 1 aliphatic heterocycles. The van der Waals surface area contributed by atoms with Crippen LogP contribution < -0.4 is 0 Å². The van der Waals surface area contributed by atoms with Crippen LogP contribution in [0.25, 0.3) is 0 Å². The normalized spacial score (nSPS) is 16.6. The molecule has 0 aliphatic carbocycles. The minimum absolute atomic E-state index is 0.00110. The molecule has 19 heavy (non-hydrogen) atoms. The summed E-state index contributed by atoms with van der Waals surface area (Å²) in [5.41, 5.74) is 0.474. The highest BCUT2D eigenvalue weighted by Crippen LogP contribution is 2.10. The maximum atomic E-state index is 12.2. The number of hydrogen-bond donors (Lipinski definition) is 0. The number of piperazine rings is 1. The zero-order valence-corrected chi connectivity index (χ0v) is 12.6. The van der Waals surface area contributed by atoms with Crippen LogP contribution in [-0.2, 0) is 0 Å². The Labute approximate surface area is 123 Å². The Morgan fingerprint density at radius 1 is 1.37 bits per heavy atom. The first-order valence-electron chi connectivity index (χ1n) is 6.33. The minimum atomic E-state index is 0.00110. The van der Waals surface area contributed by atoms with Gasteiger partial charge in [-0.3, -0.25) is 9.69 Å². The van der Waals surface area contributed by atoms with Crippen molar-refractivity contribution >= 4 is 29.3 Å². The molecule has 0 saturated carbocycles. The molecule has 6 heteroatoms. The molecule has 1 aromatic rings. The average Bonchev–Trinajstić information content (AvgIpc) is 2.46. The highest BCUT2D eigenvalue weighted by Gasteiger charge is 2.22. The summed E-state index contributed by atoms with van der Waals surface area (Å²) in [5.74, 6) is 1.15. The zero-order valence-electron chi connectivity index (χ0n) is 11.0. The Bertz CT molecular complexity index is 418. The molecule has 2 rings (SSSR count). The Kier molecular flexibility index (Phi) is 5.48. The van der Waals surface area contributed by atoms with Crippen molar-refractivity contribution in [1.29, 1.82) is 0 Å². The Morgan fingerprint density at radius 2 is 2.11 bits per heavy atom. The van der Waals surface area contributed by atoms with E-state index < -0.39 is 0 Å². The van der Waals surface area contributed by atoms with Gasteiger partial charge in [-0.1, -0.05) is 11.6 Å². The van der Waals surface area contributed by atoms with Crippen LogP contribution in [-0.4, -0.2) is 65.4 Å². The molecular formula is C13H18ClN3OS. The van der Waals surface area contributed by atoms with E-state index >= 15 is 0 Å². The van der Waals surface area contributed by atoms with E-state index in [0.29, 0.717) is 10.7 Å². The van der Waals surface area contributed by atoms with Crippen LogP contribution in [0.15, 0.2) is 18.3 Å². The topological polar surface area (TPSA) is 36.4 Å². The van der Waals surface area contributed by atoms with Gasteiger partial charge in [-0.2, -0.15) is 11.8 Å². The molecule has 0 unspecified atom stereocenters. The van der Waals surface area contributed by atoms with Crippen LogP contribution in [0.1, 0.15) is 10.5 Å². The molecule has 1 amide bonds. The number of halogens is 1. The summed E-state index contributed by atoms with van der Waals surface area (Å²) in [7, 11) is 0. The molecule has 0 radical (unpaired) electrons. The molecule has 0 spiro atoms. The lowest BCUT2D eigenvalue weighted by Gasteiger charge is -2.34. The third kappa shape index (κ3) is 4.09. The van der Waals surface area contributed by atoms with E-state index in [9.17, 15) is 4.79 Å². The van der Waals surface area contributed by atoms with Gasteiger partial charge in [0.25, 0.3) is 5.91 Å². The second-order valence-electron chi connectivity index (χ2n) is 4.49. The minimum Gasteiger partial charge on any atom is -0.335 e. The lowest BCUT2D eigenvalue weighted by Crippen LogP contribution is -2.49. The third-order valence-corrected chi connectivity index (χ3v) is 4.03. The Morgan fingerprint density at radius 3 is 2.68 bits per heavy atom. The second-order valence-corrected chi connectivity index (χ2v) is 5.91. The van der Waals surface area contributed by atoms with Crippen LogP contribution in [0.4, 0.5) is 0 Å². The Balaban J connectivity index is 1.87. The van der Waals surface area contributed by atoms with Gasteiger partial charge in [0.2, 0.25) is 0 Å². The number of nitrogens with zero attached hydrogens (tertiary/aromatic N) is 3. The zero-order chi connectivity index (χ0) is 13.7. The molecule has 1 saturated heterocycles. The number of thioether (sulfide) groups is 1. The predicted octanol–water partition coefficient (Wildman–Crippen LogP) is 1.86. The SMILES string of the molecule is CSCCN1CCN(C(=O)c2ccc(Cl)cn2)CC1. The largest absolute Gasteiger partial charge is 0.335 e. The quantitative estimate of drug-likeness (QED) is 0.850. The fourth-order valence-electron chi connectivity index (χ4n) is 2.06. The first-order chi connectivity index (χ1) is 9.20. The van der Waals surface area contributed by atoms with Crippen molar-refractivity contribution in [2.45, 2.75) is 0 Å². The van der Waals surface area contributed by atoms with Gasteiger partial charge in [0.1, 0.15) is 5.69 Å². The van der Waals surface area contributed by atoms with Crippen molar-refractivity contribution < 1.29 is 4.79 Å². The molecule has 1 aromatic heterocycles. The van der Waals surface area contributed by atoms with E-state index in [0.717, 1.165) is 38.5 Å². The first-order valence-corrected chi connectivity index (χ1v) is 8.10. The van der Waals surface area contributed by atoms with Crippen LogP contribution >= 0.6 is 23.4 Å². The van der Waals surface area contributed by atoms with Crippen molar-refractivity contribution in [3.8, 4) is 0 Å². The maximum absolute atomic E-state index is 12.2. The molecule has 1 fully saturated rings. The molecular weight excluding hydrogens is 282 g/mol. The number of carbonyl (C=O) groups is 1. The van der Waals surface area contributed by atoms with Crippen molar-refractivity contribution in [1.82, 2.24) is 14.8 Å². The number of rotatable bonds is 4. The highest BCUT2D eigenvalue weighted by molar-refractivity contribution is 7.98. The van der Waals surface area contributed by atoms with Gasteiger partial charge < -0.3 is 4.90 Å². The predicted molar refractivity (Wildman–Crippen MR) is 80.0 cm³/mol. The number of pyridine rings is 1. The first kappa shape index (κ1) is 14.6. The summed E-state index contributed by atoms with van der Waals surface area (Å²) in [6.45, 7) is 4.54. The number of amides is 1. The van der Waals surface area contributed by atoms with Crippen molar-refractivity contribution in [2.75, 3.05) is 44.7 Å². The molecule has 4 nitrogen and oxygen atoms in total. The summed E-state index contributed by atoms with van der Waals surface area (Å²) < 4.78 is 0. The standard InChI is InChI=1S/C13H18ClN3OS/c1-19-9-8-16-4-6-17(7-5-16)13(18)12-3-2-11(14)10-15-12/h2-3,10H,4-9H2,1H3. The summed E-state index contributed by atoms with van der Waals surface area (Å²) in [6.07, 6.45) is 3.63. The van der Waals surface area contributed by atoms with Gasteiger partial charge in [0.05, 0.1) is 5.02 Å². The summed E-state index contributed by atoms with van der Waals surface area (Å²) in [6, 6.07) is 3.39. The van der Waals surface area contributed by atoms with Crippen LogP contribution in [0.2, 0.25) is 5.02 Å². The summed E-state index contributed by atoms with van der Waals surface area (Å²) >= 11 is 7.63.